The number of hydrogen-bond acceptors (Lipinski definition) is 10. The summed E-state index contributed by atoms with van der Waals surface area (Å²) in [6.45, 7) is 9.25. The van der Waals surface area contributed by atoms with Crippen molar-refractivity contribution >= 4 is 39.1 Å². The van der Waals surface area contributed by atoms with Gasteiger partial charge in [0.1, 0.15) is 16.6 Å². The number of aromatic nitrogens is 6. The zero-order valence-electron chi connectivity index (χ0n) is 22.0. The molecule has 1 aliphatic carbocycles. The molecule has 4 aromatic rings. The van der Waals surface area contributed by atoms with Crippen LogP contribution in [0, 0.1) is 12.8 Å². The fraction of sp³-hybridized carbons (Fsp3) is 0.519. The number of nitrogens with one attached hydrogen (secondary N) is 1. The number of fused-ring (bicyclic) bond motifs is 3. The van der Waals surface area contributed by atoms with Gasteiger partial charge in [0.25, 0.3) is 0 Å². The minimum absolute atomic E-state index is 0.369. The van der Waals surface area contributed by atoms with Gasteiger partial charge in [0.15, 0.2) is 0 Å². The maximum atomic E-state index is 10.3. The second kappa shape index (κ2) is 8.96. The van der Waals surface area contributed by atoms with E-state index >= 15 is 0 Å². The molecule has 198 valence electrons. The Labute approximate surface area is 225 Å². The van der Waals surface area contributed by atoms with E-state index in [1.807, 2.05) is 50.0 Å². The summed E-state index contributed by atoms with van der Waals surface area (Å²) in [4.78, 5) is 23.8. The molecule has 7 rings (SSSR count). The third kappa shape index (κ3) is 4.85. The van der Waals surface area contributed by atoms with Crippen molar-refractivity contribution in [2.75, 3.05) is 29.9 Å². The van der Waals surface area contributed by atoms with E-state index in [-0.39, 0.29) is 0 Å². The molecule has 3 fully saturated rings. The number of likely N-dealkylation sites (tertiary alicyclic amines) is 1. The Morgan fingerprint density at radius 1 is 1.08 bits per heavy atom. The van der Waals surface area contributed by atoms with Crippen LogP contribution in [0.1, 0.15) is 38.8 Å². The van der Waals surface area contributed by atoms with Gasteiger partial charge in [-0.3, -0.25) is 9.58 Å². The third-order valence-corrected chi connectivity index (χ3v) is 8.65. The van der Waals surface area contributed by atoms with Crippen LogP contribution < -0.4 is 10.2 Å². The lowest BCUT2D eigenvalue weighted by Crippen LogP contribution is -2.51. The normalized spacial score (nSPS) is 21.6. The molecular formula is C27H33N9OS. The molecule has 2 atom stereocenters. The van der Waals surface area contributed by atoms with Crippen molar-refractivity contribution in [3.63, 3.8) is 0 Å². The summed E-state index contributed by atoms with van der Waals surface area (Å²) in [5.41, 5.74) is 2.19. The van der Waals surface area contributed by atoms with Crippen LogP contribution in [0.3, 0.4) is 0 Å². The number of β-amino-alcohol motifs (C(OH)–C–C–N with tert-alkyl or cyclic N) is 1. The van der Waals surface area contributed by atoms with Crippen LogP contribution in [-0.2, 0) is 6.54 Å². The highest BCUT2D eigenvalue weighted by Gasteiger charge is 2.45. The Morgan fingerprint density at radius 3 is 2.71 bits per heavy atom. The van der Waals surface area contributed by atoms with Crippen LogP contribution in [0.15, 0.2) is 30.7 Å². The number of hydrogen-bond donors (Lipinski definition) is 2. The zero-order chi connectivity index (χ0) is 26.0. The molecule has 2 bridgehead atoms. The van der Waals surface area contributed by atoms with Gasteiger partial charge in [-0.2, -0.15) is 10.1 Å². The first-order valence-electron chi connectivity index (χ1n) is 13.4. The highest BCUT2D eigenvalue weighted by Crippen LogP contribution is 2.35. The summed E-state index contributed by atoms with van der Waals surface area (Å²) in [5, 5.41) is 19.1. The van der Waals surface area contributed by atoms with Crippen LogP contribution in [0.25, 0.3) is 20.8 Å². The van der Waals surface area contributed by atoms with Crippen LogP contribution >= 0.6 is 11.3 Å². The Bertz CT molecular complexity index is 1490. The van der Waals surface area contributed by atoms with Crippen molar-refractivity contribution in [1.82, 2.24) is 34.6 Å². The molecule has 38 heavy (non-hydrogen) atoms. The molecule has 1 saturated carbocycles. The van der Waals surface area contributed by atoms with Gasteiger partial charge >= 0.3 is 0 Å². The molecule has 4 aromatic heterocycles. The fourth-order valence-electron chi connectivity index (χ4n) is 5.73. The van der Waals surface area contributed by atoms with E-state index in [1.165, 1.54) is 12.8 Å². The molecule has 2 saturated heterocycles. The molecule has 0 unspecified atom stereocenters. The van der Waals surface area contributed by atoms with Gasteiger partial charge in [0.2, 0.25) is 5.95 Å². The number of rotatable bonds is 8. The lowest BCUT2D eigenvalue weighted by molar-refractivity contribution is 0.0299. The van der Waals surface area contributed by atoms with Crippen LogP contribution in [0.2, 0.25) is 0 Å². The second-order valence-electron chi connectivity index (χ2n) is 11.7. The molecule has 0 aromatic carbocycles. The maximum absolute atomic E-state index is 10.3. The van der Waals surface area contributed by atoms with E-state index in [1.54, 1.807) is 11.3 Å². The molecule has 2 N–H and O–H groups in total. The minimum atomic E-state index is -0.684. The third-order valence-electron chi connectivity index (χ3n) is 7.60. The summed E-state index contributed by atoms with van der Waals surface area (Å²) < 4.78 is 3.08. The second-order valence-corrected chi connectivity index (χ2v) is 12.7. The molecule has 2 aliphatic heterocycles. The van der Waals surface area contributed by atoms with E-state index in [2.05, 4.69) is 31.4 Å². The lowest BCUT2D eigenvalue weighted by Gasteiger charge is -2.37. The van der Waals surface area contributed by atoms with Crippen LogP contribution in [-0.4, -0.2) is 77.0 Å². The number of pyridine rings is 1. The molecule has 11 heteroatoms. The Kier molecular flexibility index (Phi) is 5.64. The molecule has 10 nitrogen and oxygen atoms in total. The monoisotopic (exact) mass is 531 g/mol. The van der Waals surface area contributed by atoms with Crippen molar-refractivity contribution in [2.24, 2.45) is 5.92 Å². The van der Waals surface area contributed by atoms with Crippen molar-refractivity contribution in [1.29, 1.82) is 0 Å². The van der Waals surface area contributed by atoms with Gasteiger partial charge in [0, 0.05) is 74.0 Å². The quantitative estimate of drug-likeness (QED) is 0.351. The fourth-order valence-corrected chi connectivity index (χ4v) is 6.62. The number of piperazine rings is 1. The summed E-state index contributed by atoms with van der Waals surface area (Å²) >= 11 is 1.64. The van der Waals surface area contributed by atoms with Gasteiger partial charge in [-0.15, -0.1) is 11.3 Å². The number of thiazole rings is 1. The Balaban J connectivity index is 1.07. The van der Waals surface area contributed by atoms with Crippen LogP contribution in [0.4, 0.5) is 17.6 Å². The van der Waals surface area contributed by atoms with Crippen molar-refractivity contribution < 1.29 is 5.11 Å². The van der Waals surface area contributed by atoms with Crippen molar-refractivity contribution in [3.8, 4) is 10.6 Å². The topological polar surface area (TPSA) is 108 Å². The molecular weight excluding hydrogens is 498 g/mol. The van der Waals surface area contributed by atoms with Crippen LogP contribution in [0.5, 0.6) is 0 Å². The molecule has 6 heterocycles. The van der Waals surface area contributed by atoms with E-state index in [0.29, 0.717) is 24.4 Å². The highest BCUT2D eigenvalue weighted by atomic mass is 32.1. The largest absolute Gasteiger partial charge is 0.389 e. The van der Waals surface area contributed by atoms with Gasteiger partial charge in [-0.1, -0.05) is 0 Å². The first-order chi connectivity index (χ1) is 18.3. The van der Waals surface area contributed by atoms with E-state index < -0.39 is 5.60 Å². The standard InChI is InChI=1S/C27H33N9OS/c1-16-6-24(33-26(30-16)36-14-19-7-20(36)13-34(19)15-27(2,3)37)32-23-8-21-22(10-28-23)38-25(31-21)18-9-29-35(12-18)11-17-4-5-17/h6,8-10,12,17,19-20,37H,4-5,7,11,13-15H2,1-3H3,(H,28,30,32,33)/t19-,20-/m0/s1. The highest BCUT2D eigenvalue weighted by molar-refractivity contribution is 7.21. The molecule has 3 aliphatic rings. The number of aryl methyl sites for hydroxylation is 1. The minimum Gasteiger partial charge on any atom is -0.389 e. The number of nitrogens with zero attached hydrogens (tertiary/aromatic N) is 8. The molecule has 0 radical (unpaired) electrons. The predicted molar refractivity (Wildman–Crippen MR) is 149 cm³/mol. The summed E-state index contributed by atoms with van der Waals surface area (Å²) in [5.74, 6) is 2.98. The average Bonchev–Trinajstić information content (AvgIpc) is 3.22. The summed E-state index contributed by atoms with van der Waals surface area (Å²) in [6, 6.07) is 4.72. The Morgan fingerprint density at radius 2 is 1.95 bits per heavy atom. The summed E-state index contributed by atoms with van der Waals surface area (Å²) in [7, 11) is 0. The van der Waals surface area contributed by atoms with Gasteiger partial charge in [-0.05, 0) is 46.0 Å². The maximum Gasteiger partial charge on any atom is 0.227 e. The molecule has 0 spiro atoms. The SMILES string of the molecule is Cc1cc(Nc2cc3nc(-c4cnn(CC5CC5)c4)sc3cn2)nc(N2C[C@@H]3C[C@H]2CN3CC(C)(C)O)n1. The van der Waals surface area contributed by atoms with E-state index in [9.17, 15) is 5.11 Å². The first kappa shape index (κ1) is 23.9. The zero-order valence-corrected chi connectivity index (χ0v) is 22.8. The van der Waals surface area contributed by atoms with E-state index in [0.717, 1.165) is 70.2 Å². The number of anilines is 3. The lowest BCUT2D eigenvalue weighted by atomic mass is 10.1. The summed E-state index contributed by atoms with van der Waals surface area (Å²) in [6.07, 6.45) is 9.59. The first-order valence-corrected chi connectivity index (χ1v) is 14.2. The van der Waals surface area contributed by atoms with Crippen molar-refractivity contribution in [3.05, 3.63) is 36.4 Å². The average molecular weight is 532 g/mol. The van der Waals surface area contributed by atoms with Gasteiger partial charge in [-0.25, -0.2) is 15.0 Å². The van der Waals surface area contributed by atoms with E-state index in [4.69, 9.17) is 15.0 Å². The predicted octanol–water partition coefficient (Wildman–Crippen LogP) is 3.84. The van der Waals surface area contributed by atoms with Gasteiger partial charge < -0.3 is 15.3 Å². The Hall–Kier alpha value is -3.15. The van der Waals surface area contributed by atoms with Crippen molar-refractivity contribution in [2.45, 2.75) is 64.3 Å². The smallest absolute Gasteiger partial charge is 0.227 e. The molecule has 0 amide bonds. The number of aliphatic hydroxyl groups is 1. The van der Waals surface area contributed by atoms with Gasteiger partial charge in [0.05, 0.1) is 22.0 Å².